The van der Waals surface area contributed by atoms with Crippen molar-refractivity contribution in [2.45, 2.75) is 96.4 Å². The van der Waals surface area contributed by atoms with E-state index >= 15 is 0 Å². The first kappa shape index (κ1) is 33.2. The van der Waals surface area contributed by atoms with Crippen LogP contribution in [-0.4, -0.2) is 97.0 Å². The molecule has 0 aliphatic heterocycles. The van der Waals surface area contributed by atoms with Gasteiger partial charge in [-0.25, -0.2) is 0 Å². The summed E-state index contributed by atoms with van der Waals surface area (Å²) in [4.78, 5) is 2.44. The molecule has 2 unspecified atom stereocenters. The Morgan fingerprint density at radius 1 is 0.576 bits per heavy atom. The van der Waals surface area contributed by atoms with Gasteiger partial charge in [-0.2, -0.15) is 0 Å². The maximum Gasteiger partial charge on any atom is 0.320 e. The third-order valence-electron chi connectivity index (χ3n) is 6.00. The van der Waals surface area contributed by atoms with Crippen LogP contribution in [0.1, 0.15) is 72.1 Å². The monoisotopic (exact) mass is 509 g/mol. The van der Waals surface area contributed by atoms with Gasteiger partial charge in [-0.15, -0.1) is 0 Å². The van der Waals surface area contributed by atoms with Crippen molar-refractivity contribution >= 4 is 18.6 Å². The number of unbranched alkanes of at least 4 members (excludes halogenated alkanes) is 6. The van der Waals surface area contributed by atoms with Crippen molar-refractivity contribution in [3.8, 4) is 0 Å². The van der Waals surface area contributed by atoms with Gasteiger partial charge in [0.15, 0.2) is 0 Å². The molecule has 9 heteroatoms. The number of likely N-dealkylation sites (N-methyl/N-ethyl adjacent to an activating group) is 1. The Morgan fingerprint density at radius 2 is 0.939 bits per heavy atom. The molecule has 0 aromatic carbocycles. The highest BCUT2D eigenvalue weighted by Gasteiger charge is 2.13. The zero-order valence-electron chi connectivity index (χ0n) is 22.8. The zero-order valence-corrected chi connectivity index (χ0v) is 25.1. The SMILES string of the molecule is CCN(CC(C)OCCCCCC[SiH](OC)OC)CC(C)OCCCCCC[SiH](OC)OC. The van der Waals surface area contributed by atoms with E-state index in [1.54, 1.807) is 28.4 Å². The van der Waals surface area contributed by atoms with Crippen molar-refractivity contribution in [1.82, 2.24) is 4.90 Å². The number of nitrogens with zero attached hydrogens (tertiary/aromatic N) is 1. The van der Waals surface area contributed by atoms with Crippen LogP contribution in [0.15, 0.2) is 0 Å². The Balaban J connectivity index is 3.73. The lowest BCUT2D eigenvalue weighted by atomic mass is 10.2. The van der Waals surface area contributed by atoms with Crippen LogP contribution in [-0.2, 0) is 27.2 Å². The number of ether oxygens (including phenoxy) is 2. The molecule has 0 spiro atoms. The first-order valence-corrected chi connectivity index (χ1v) is 16.6. The summed E-state index contributed by atoms with van der Waals surface area (Å²) >= 11 is 0. The molecule has 200 valence electrons. The van der Waals surface area contributed by atoms with Crippen molar-refractivity contribution in [1.29, 1.82) is 0 Å². The van der Waals surface area contributed by atoms with Crippen LogP contribution in [0.25, 0.3) is 0 Å². The second-order valence-corrected chi connectivity index (χ2v) is 13.7. The van der Waals surface area contributed by atoms with Gasteiger partial charge < -0.3 is 27.2 Å². The highest BCUT2D eigenvalue weighted by Crippen LogP contribution is 2.10. The zero-order chi connectivity index (χ0) is 24.7. The first-order valence-electron chi connectivity index (χ1n) is 13.1. The van der Waals surface area contributed by atoms with E-state index in [9.17, 15) is 0 Å². The summed E-state index contributed by atoms with van der Waals surface area (Å²) in [5, 5.41) is 0. The van der Waals surface area contributed by atoms with Crippen LogP contribution in [0.3, 0.4) is 0 Å². The van der Waals surface area contributed by atoms with Crippen molar-refractivity contribution in [3.05, 3.63) is 0 Å². The van der Waals surface area contributed by atoms with Crippen LogP contribution in [0, 0.1) is 0 Å². The quantitative estimate of drug-likeness (QED) is 0.135. The van der Waals surface area contributed by atoms with Crippen molar-refractivity contribution < 1.29 is 27.2 Å². The maximum absolute atomic E-state index is 6.06. The molecule has 0 fully saturated rings. The van der Waals surface area contributed by atoms with Gasteiger partial charge in [0.05, 0.1) is 12.2 Å². The van der Waals surface area contributed by atoms with Crippen LogP contribution >= 0.6 is 0 Å². The van der Waals surface area contributed by atoms with Crippen LogP contribution < -0.4 is 0 Å². The Hall–Kier alpha value is 0.154. The standard InChI is InChI=1S/C24H55NO6Si2/c1-8-25(21-23(2)30-17-13-9-11-15-19-32(26-4)27-5)22-24(3)31-18-14-10-12-16-20-33(28-6)29-7/h23-24,32-33H,8-22H2,1-7H3. The molecule has 0 aliphatic carbocycles. The fourth-order valence-electron chi connectivity index (χ4n) is 3.93. The van der Waals surface area contributed by atoms with Crippen LogP contribution in [0.4, 0.5) is 0 Å². The fraction of sp³-hybridized carbons (Fsp3) is 1.00. The Labute approximate surface area is 208 Å². The van der Waals surface area contributed by atoms with E-state index in [-0.39, 0.29) is 12.2 Å². The molecule has 0 aliphatic rings. The Morgan fingerprint density at radius 3 is 1.27 bits per heavy atom. The molecule has 0 N–H and O–H groups in total. The number of rotatable bonds is 25. The van der Waals surface area contributed by atoms with Crippen molar-refractivity contribution in [2.75, 3.05) is 61.3 Å². The van der Waals surface area contributed by atoms with Gasteiger partial charge >= 0.3 is 18.6 Å². The average molecular weight is 510 g/mol. The van der Waals surface area contributed by atoms with Gasteiger partial charge in [0.25, 0.3) is 0 Å². The van der Waals surface area contributed by atoms with E-state index in [2.05, 4.69) is 25.7 Å². The van der Waals surface area contributed by atoms with E-state index in [0.29, 0.717) is 0 Å². The highest BCUT2D eigenvalue weighted by molar-refractivity contribution is 6.44. The lowest BCUT2D eigenvalue weighted by Gasteiger charge is -2.27. The summed E-state index contributed by atoms with van der Waals surface area (Å²) in [6, 6.07) is 2.20. The average Bonchev–Trinajstić information content (AvgIpc) is 2.82. The molecule has 33 heavy (non-hydrogen) atoms. The summed E-state index contributed by atoms with van der Waals surface area (Å²) in [6.45, 7) is 11.2. The van der Waals surface area contributed by atoms with E-state index < -0.39 is 18.6 Å². The molecular formula is C24H55NO6Si2. The summed E-state index contributed by atoms with van der Waals surface area (Å²) in [5.74, 6) is 0. The molecule has 2 atom stereocenters. The molecule has 0 aromatic heterocycles. The molecule has 0 radical (unpaired) electrons. The van der Waals surface area contributed by atoms with E-state index in [0.717, 1.165) is 57.8 Å². The van der Waals surface area contributed by atoms with Crippen LogP contribution in [0.2, 0.25) is 12.1 Å². The molecule has 0 amide bonds. The molecule has 7 nitrogen and oxygen atoms in total. The topological polar surface area (TPSA) is 58.6 Å². The Bertz CT molecular complexity index is 369. The van der Waals surface area contributed by atoms with Gasteiger partial charge in [0.2, 0.25) is 0 Å². The molecule has 0 saturated heterocycles. The summed E-state index contributed by atoms with van der Waals surface area (Å²) in [7, 11) is 4.28. The maximum atomic E-state index is 6.06. The smallest absolute Gasteiger partial charge is 0.320 e. The minimum atomic E-state index is -1.37. The van der Waals surface area contributed by atoms with E-state index in [1.807, 2.05) is 0 Å². The number of hydrogen-bond donors (Lipinski definition) is 0. The largest absolute Gasteiger partial charge is 0.400 e. The predicted octanol–water partition coefficient (Wildman–Crippen LogP) is 4.27. The van der Waals surface area contributed by atoms with E-state index in [4.69, 9.17) is 27.2 Å². The minimum absolute atomic E-state index is 0.252. The minimum Gasteiger partial charge on any atom is -0.400 e. The van der Waals surface area contributed by atoms with Gasteiger partial charge in [0.1, 0.15) is 0 Å². The Kier molecular flexibility index (Phi) is 24.0. The van der Waals surface area contributed by atoms with Gasteiger partial charge in [-0.1, -0.05) is 45.4 Å². The second kappa shape index (κ2) is 23.9. The highest BCUT2D eigenvalue weighted by atomic mass is 28.3. The van der Waals surface area contributed by atoms with Gasteiger partial charge in [-0.05, 0) is 45.3 Å². The fourth-order valence-corrected chi connectivity index (χ4v) is 6.50. The van der Waals surface area contributed by atoms with Gasteiger partial charge in [0, 0.05) is 54.7 Å². The third kappa shape index (κ3) is 20.1. The summed E-state index contributed by atoms with van der Waals surface area (Å²) in [5.41, 5.74) is 0. The van der Waals surface area contributed by atoms with Crippen LogP contribution in [0.5, 0.6) is 0 Å². The van der Waals surface area contributed by atoms with E-state index in [1.165, 1.54) is 38.5 Å². The van der Waals surface area contributed by atoms with Crippen molar-refractivity contribution in [2.24, 2.45) is 0 Å². The third-order valence-corrected chi connectivity index (χ3v) is 9.86. The molecule has 0 saturated carbocycles. The summed E-state index contributed by atoms with van der Waals surface area (Å²) < 4.78 is 33.6. The normalized spacial score (nSPS) is 14.0. The number of hydrogen-bond acceptors (Lipinski definition) is 7. The molecule has 0 heterocycles. The molecular weight excluding hydrogens is 454 g/mol. The molecule has 0 rings (SSSR count). The lowest BCUT2D eigenvalue weighted by Crippen LogP contribution is -2.38. The second-order valence-electron chi connectivity index (χ2n) is 8.92. The van der Waals surface area contributed by atoms with Crippen molar-refractivity contribution in [3.63, 3.8) is 0 Å². The molecule has 0 bridgehead atoms. The lowest BCUT2D eigenvalue weighted by molar-refractivity contribution is 0.00577. The molecule has 0 aromatic rings. The predicted molar refractivity (Wildman–Crippen MR) is 142 cm³/mol. The summed E-state index contributed by atoms with van der Waals surface area (Å²) in [6.07, 6.45) is 10.0. The first-order chi connectivity index (χ1) is 16.0. The van der Waals surface area contributed by atoms with Gasteiger partial charge in [-0.3, -0.25) is 4.90 Å².